The van der Waals surface area contributed by atoms with E-state index in [-0.39, 0.29) is 10.8 Å². The van der Waals surface area contributed by atoms with E-state index in [1.807, 2.05) is 0 Å². The molecule has 0 aliphatic heterocycles. The zero-order chi connectivity index (χ0) is 11.5. The summed E-state index contributed by atoms with van der Waals surface area (Å²) in [6.07, 6.45) is 5.11. The topological polar surface area (TPSA) is 12.0 Å². The first kappa shape index (κ1) is 11.7. The summed E-state index contributed by atoms with van der Waals surface area (Å²) in [6, 6.07) is 5.37. The van der Waals surface area contributed by atoms with E-state index in [0.29, 0.717) is 11.7 Å². The third-order valence-corrected chi connectivity index (χ3v) is 3.56. The highest BCUT2D eigenvalue weighted by Crippen LogP contribution is 2.31. The van der Waals surface area contributed by atoms with Crippen molar-refractivity contribution in [3.63, 3.8) is 0 Å². The largest absolute Gasteiger partial charge is 0.380 e. The lowest BCUT2D eigenvalue weighted by atomic mass is 9.81. The van der Waals surface area contributed by atoms with E-state index in [1.54, 1.807) is 18.2 Å². The molecular formula is C13H17ClFN. The second-order valence-corrected chi connectivity index (χ2v) is 5.09. The molecule has 1 N–H and O–H groups in total. The second kappa shape index (κ2) is 5.05. The molecule has 88 valence electrons. The van der Waals surface area contributed by atoms with Gasteiger partial charge in [0, 0.05) is 6.04 Å². The number of hydrogen-bond acceptors (Lipinski definition) is 1. The second-order valence-electron chi connectivity index (χ2n) is 4.68. The summed E-state index contributed by atoms with van der Waals surface area (Å²) < 4.78 is 13.6. The number of hydrogen-bond donors (Lipinski definition) is 1. The Balaban J connectivity index is 1.94. The molecule has 16 heavy (non-hydrogen) atoms. The first-order valence-electron chi connectivity index (χ1n) is 5.87. The molecular weight excluding hydrogens is 225 g/mol. The van der Waals surface area contributed by atoms with Crippen molar-refractivity contribution < 1.29 is 4.39 Å². The molecule has 1 aromatic rings. The third-order valence-electron chi connectivity index (χ3n) is 3.27. The van der Waals surface area contributed by atoms with Crippen molar-refractivity contribution in [2.75, 3.05) is 5.32 Å². The first-order valence-corrected chi connectivity index (χ1v) is 6.25. The van der Waals surface area contributed by atoms with Gasteiger partial charge in [-0.15, -0.1) is 0 Å². The van der Waals surface area contributed by atoms with Crippen LogP contribution in [0, 0.1) is 11.7 Å². The van der Waals surface area contributed by atoms with Gasteiger partial charge in [0.05, 0.1) is 10.7 Å². The molecule has 0 radical (unpaired) electrons. The molecule has 1 nitrogen and oxygen atoms in total. The Kier molecular flexibility index (Phi) is 3.70. The quantitative estimate of drug-likeness (QED) is 0.820. The van der Waals surface area contributed by atoms with Crippen molar-refractivity contribution in [2.45, 2.75) is 38.6 Å². The summed E-state index contributed by atoms with van der Waals surface area (Å²) in [6.45, 7) is 2.10. The number of benzene rings is 1. The van der Waals surface area contributed by atoms with E-state index in [4.69, 9.17) is 11.6 Å². The van der Waals surface area contributed by atoms with Crippen LogP contribution < -0.4 is 5.32 Å². The van der Waals surface area contributed by atoms with Crippen LogP contribution >= 0.6 is 11.6 Å². The molecule has 0 heterocycles. The molecule has 0 bridgehead atoms. The van der Waals surface area contributed by atoms with Crippen LogP contribution in [0.4, 0.5) is 10.1 Å². The van der Waals surface area contributed by atoms with Crippen LogP contribution in [0.25, 0.3) is 0 Å². The Labute approximate surface area is 101 Å². The van der Waals surface area contributed by atoms with Crippen LogP contribution in [-0.2, 0) is 0 Å². The summed E-state index contributed by atoms with van der Waals surface area (Å²) >= 11 is 5.73. The van der Waals surface area contributed by atoms with E-state index in [0.717, 1.165) is 12.3 Å². The van der Waals surface area contributed by atoms with Crippen LogP contribution in [0.1, 0.15) is 32.6 Å². The lowest BCUT2D eigenvalue weighted by molar-refractivity contribution is 0.285. The summed E-state index contributed by atoms with van der Waals surface area (Å²) in [5.74, 6) is 0.481. The normalized spacial score (nSPS) is 17.9. The minimum atomic E-state index is -0.343. The Morgan fingerprint density at radius 2 is 2.25 bits per heavy atom. The van der Waals surface area contributed by atoms with Crippen LogP contribution in [0.15, 0.2) is 18.2 Å². The van der Waals surface area contributed by atoms with Crippen LogP contribution in [-0.4, -0.2) is 6.04 Å². The van der Waals surface area contributed by atoms with E-state index < -0.39 is 0 Å². The van der Waals surface area contributed by atoms with Crippen molar-refractivity contribution >= 4 is 17.3 Å². The Morgan fingerprint density at radius 1 is 1.50 bits per heavy atom. The standard InChI is InChI=1S/C13H17ClFN/c1-9(8-10-4-2-5-10)16-12-7-3-6-11(14)13(12)15/h3,6-7,9-10,16H,2,4-5,8H2,1H3. The van der Waals surface area contributed by atoms with Gasteiger partial charge < -0.3 is 5.32 Å². The molecule has 0 aromatic heterocycles. The van der Waals surface area contributed by atoms with E-state index >= 15 is 0 Å². The smallest absolute Gasteiger partial charge is 0.164 e. The first-order chi connectivity index (χ1) is 7.66. The van der Waals surface area contributed by atoms with Crippen molar-refractivity contribution in [1.82, 2.24) is 0 Å². The van der Waals surface area contributed by atoms with E-state index in [1.165, 1.54) is 19.3 Å². The van der Waals surface area contributed by atoms with Crippen LogP contribution in [0.5, 0.6) is 0 Å². The molecule has 1 unspecified atom stereocenters. The minimum Gasteiger partial charge on any atom is -0.380 e. The van der Waals surface area contributed by atoms with Gasteiger partial charge in [-0.25, -0.2) is 4.39 Å². The predicted octanol–water partition coefficient (Wildman–Crippen LogP) is 4.47. The number of rotatable bonds is 4. The van der Waals surface area contributed by atoms with Crippen molar-refractivity contribution in [3.8, 4) is 0 Å². The lowest BCUT2D eigenvalue weighted by Gasteiger charge is -2.29. The maximum atomic E-state index is 13.6. The zero-order valence-corrected chi connectivity index (χ0v) is 10.2. The van der Waals surface area contributed by atoms with Gasteiger partial charge in [-0.1, -0.05) is 36.9 Å². The molecule has 1 atom stereocenters. The molecule has 3 heteroatoms. The summed E-state index contributed by atoms with van der Waals surface area (Å²) in [7, 11) is 0. The highest BCUT2D eigenvalue weighted by Gasteiger charge is 2.20. The van der Waals surface area contributed by atoms with Crippen LogP contribution in [0.3, 0.4) is 0 Å². The number of anilines is 1. The Morgan fingerprint density at radius 3 is 2.88 bits per heavy atom. The molecule has 0 saturated heterocycles. The monoisotopic (exact) mass is 241 g/mol. The lowest BCUT2D eigenvalue weighted by Crippen LogP contribution is -2.23. The Hall–Kier alpha value is -0.760. The minimum absolute atomic E-state index is 0.181. The third kappa shape index (κ3) is 2.67. The molecule has 1 aromatic carbocycles. The average Bonchev–Trinajstić information content (AvgIpc) is 2.19. The van der Waals surface area contributed by atoms with Gasteiger partial charge >= 0.3 is 0 Å². The zero-order valence-electron chi connectivity index (χ0n) is 9.47. The number of nitrogens with one attached hydrogen (secondary N) is 1. The van der Waals surface area contributed by atoms with Crippen molar-refractivity contribution in [2.24, 2.45) is 5.92 Å². The van der Waals surface area contributed by atoms with E-state index in [9.17, 15) is 4.39 Å². The maximum absolute atomic E-state index is 13.6. The van der Waals surface area contributed by atoms with Gasteiger partial charge in [0.15, 0.2) is 5.82 Å². The van der Waals surface area contributed by atoms with Gasteiger partial charge in [-0.2, -0.15) is 0 Å². The van der Waals surface area contributed by atoms with Crippen molar-refractivity contribution in [1.29, 1.82) is 0 Å². The van der Waals surface area contributed by atoms with Gasteiger partial charge in [0.1, 0.15) is 0 Å². The fourth-order valence-electron chi connectivity index (χ4n) is 2.17. The highest BCUT2D eigenvalue weighted by atomic mass is 35.5. The van der Waals surface area contributed by atoms with Gasteiger partial charge in [0.2, 0.25) is 0 Å². The number of halogens is 2. The molecule has 0 spiro atoms. The summed E-state index contributed by atoms with van der Waals surface area (Å²) in [5, 5.41) is 3.37. The fourth-order valence-corrected chi connectivity index (χ4v) is 2.34. The van der Waals surface area contributed by atoms with Gasteiger partial charge in [-0.3, -0.25) is 0 Å². The maximum Gasteiger partial charge on any atom is 0.164 e. The fraction of sp³-hybridized carbons (Fsp3) is 0.538. The molecule has 1 fully saturated rings. The van der Waals surface area contributed by atoms with Gasteiger partial charge in [-0.05, 0) is 31.4 Å². The van der Waals surface area contributed by atoms with Gasteiger partial charge in [0.25, 0.3) is 0 Å². The molecule has 1 saturated carbocycles. The molecule has 1 aliphatic rings. The van der Waals surface area contributed by atoms with Crippen LogP contribution in [0.2, 0.25) is 5.02 Å². The molecule has 0 amide bonds. The summed E-state index contributed by atoms with van der Waals surface area (Å²) in [4.78, 5) is 0. The predicted molar refractivity (Wildman–Crippen MR) is 66.5 cm³/mol. The molecule has 2 rings (SSSR count). The SMILES string of the molecule is CC(CC1CCC1)Nc1cccc(Cl)c1F. The highest BCUT2D eigenvalue weighted by molar-refractivity contribution is 6.31. The van der Waals surface area contributed by atoms with E-state index in [2.05, 4.69) is 12.2 Å². The van der Waals surface area contributed by atoms with Crippen molar-refractivity contribution in [3.05, 3.63) is 29.0 Å². The average molecular weight is 242 g/mol. The molecule has 1 aliphatic carbocycles. The summed E-state index contributed by atoms with van der Waals surface area (Å²) in [5.41, 5.74) is 0.513. The Bertz CT molecular complexity index is 363.